The summed E-state index contributed by atoms with van der Waals surface area (Å²) in [5.74, 6) is 1.60. The Kier molecular flexibility index (Phi) is 3.55. The quantitative estimate of drug-likeness (QED) is 0.895. The van der Waals surface area contributed by atoms with Gasteiger partial charge in [0.15, 0.2) is 0 Å². The summed E-state index contributed by atoms with van der Waals surface area (Å²) in [7, 11) is 3.77. The van der Waals surface area contributed by atoms with Crippen LogP contribution in [0.2, 0.25) is 0 Å². The molecule has 1 aromatic carbocycles. The summed E-state index contributed by atoms with van der Waals surface area (Å²) in [6.07, 6.45) is 2.40. The Bertz CT molecular complexity index is 392. The third kappa shape index (κ3) is 1.87. The molecule has 0 radical (unpaired) electrons. The largest absolute Gasteiger partial charge is 0.496 e. The van der Waals surface area contributed by atoms with E-state index >= 15 is 0 Å². The fourth-order valence-electron chi connectivity index (χ4n) is 2.62. The van der Waals surface area contributed by atoms with Crippen LogP contribution in [0.3, 0.4) is 0 Å². The van der Waals surface area contributed by atoms with Crippen molar-refractivity contribution in [2.45, 2.75) is 31.7 Å². The Labute approximate surface area is 106 Å². The van der Waals surface area contributed by atoms with Crippen molar-refractivity contribution in [1.82, 2.24) is 5.32 Å². The van der Waals surface area contributed by atoms with E-state index in [9.17, 15) is 0 Å². The van der Waals surface area contributed by atoms with Crippen molar-refractivity contribution >= 4 is 15.9 Å². The van der Waals surface area contributed by atoms with Gasteiger partial charge in [0.25, 0.3) is 0 Å². The van der Waals surface area contributed by atoms with E-state index in [0.717, 1.165) is 5.75 Å². The summed E-state index contributed by atoms with van der Waals surface area (Å²) in [4.78, 5) is 0. The topological polar surface area (TPSA) is 21.3 Å². The molecule has 0 heterocycles. The number of hydrogen-bond donors (Lipinski definition) is 1. The van der Waals surface area contributed by atoms with Gasteiger partial charge in [-0.25, -0.2) is 0 Å². The van der Waals surface area contributed by atoms with Crippen LogP contribution in [0.5, 0.6) is 5.75 Å². The first-order chi connectivity index (χ1) is 7.69. The zero-order chi connectivity index (χ0) is 11.7. The van der Waals surface area contributed by atoms with Gasteiger partial charge in [0.05, 0.1) is 7.11 Å². The van der Waals surface area contributed by atoms with Gasteiger partial charge in [-0.3, -0.25) is 0 Å². The first kappa shape index (κ1) is 11.9. The summed E-state index contributed by atoms with van der Waals surface area (Å²) < 4.78 is 6.67. The van der Waals surface area contributed by atoms with Crippen molar-refractivity contribution in [2.75, 3.05) is 14.2 Å². The van der Waals surface area contributed by atoms with Crippen molar-refractivity contribution in [3.8, 4) is 5.75 Å². The number of nitrogens with one attached hydrogen (secondary N) is 1. The van der Waals surface area contributed by atoms with Crippen LogP contribution in [-0.4, -0.2) is 14.2 Å². The predicted molar refractivity (Wildman–Crippen MR) is 70.1 cm³/mol. The minimum Gasteiger partial charge on any atom is -0.496 e. The zero-order valence-electron chi connectivity index (χ0n) is 10.0. The fourth-order valence-corrected chi connectivity index (χ4v) is 3.25. The molecule has 0 saturated carbocycles. The van der Waals surface area contributed by atoms with Crippen LogP contribution in [0.1, 0.15) is 42.9 Å². The number of benzene rings is 1. The average Bonchev–Trinajstić information content (AvgIpc) is 2.31. The Hall–Kier alpha value is -0.540. The molecule has 2 atom stereocenters. The van der Waals surface area contributed by atoms with Crippen molar-refractivity contribution in [2.24, 2.45) is 0 Å². The van der Waals surface area contributed by atoms with E-state index in [4.69, 9.17) is 4.74 Å². The molecule has 1 aliphatic carbocycles. The molecule has 0 bridgehead atoms. The summed E-state index contributed by atoms with van der Waals surface area (Å²) in [6, 6.07) is 4.58. The summed E-state index contributed by atoms with van der Waals surface area (Å²) in [5, 5.41) is 3.39. The molecule has 0 amide bonds. The maximum Gasteiger partial charge on any atom is 0.122 e. The second-order valence-electron chi connectivity index (χ2n) is 4.40. The third-order valence-electron chi connectivity index (χ3n) is 3.49. The van der Waals surface area contributed by atoms with E-state index in [1.807, 2.05) is 7.05 Å². The molecule has 2 unspecified atom stereocenters. The molecule has 16 heavy (non-hydrogen) atoms. The molecule has 0 fully saturated rings. The molecule has 88 valence electrons. The minimum absolute atomic E-state index is 0.440. The highest BCUT2D eigenvalue weighted by Crippen LogP contribution is 2.45. The van der Waals surface area contributed by atoms with E-state index in [0.29, 0.717) is 12.0 Å². The molecular formula is C13H18BrNO. The van der Waals surface area contributed by atoms with Crippen LogP contribution in [0.15, 0.2) is 16.6 Å². The third-order valence-corrected chi connectivity index (χ3v) is 4.18. The number of fused-ring (bicyclic) bond motifs is 1. The lowest BCUT2D eigenvalue weighted by atomic mass is 9.80. The van der Waals surface area contributed by atoms with E-state index in [2.05, 4.69) is 40.3 Å². The Morgan fingerprint density at radius 2 is 2.06 bits per heavy atom. The minimum atomic E-state index is 0.440. The Morgan fingerprint density at radius 1 is 1.31 bits per heavy atom. The predicted octanol–water partition coefficient (Wildman–Crippen LogP) is 3.62. The molecule has 0 aliphatic heterocycles. The monoisotopic (exact) mass is 283 g/mol. The summed E-state index contributed by atoms with van der Waals surface area (Å²) >= 11 is 3.66. The van der Waals surface area contributed by atoms with E-state index in [1.54, 1.807) is 7.11 Å². The maximum atomic E-state index is 5.48. The van der Waals surface area contributed by atoms with Gasteiger partial charge in [-0.1, -0.05) is 22.9 Å². The molecule has 3 heteroatoms. The lowest BCUT2D eigenvalue weighted by Gasteiger charge is -2.31. The van der Waals surface area contributed by atoms with Crippen LogP contribution in [-0.2, 0) is 0 Å². The van der Waals surface area contributed by atoms with Crippen molar-refractivity contribution in [3.05, 3.63) is 27.7 Å². The van der Waals surface area contributed by atoms with Crippen LogP contribution < -0.4 is 10.1 Å². The van der Waals surface area contributed by atoms with Crippen LogP contribution in [0.4, 0.5) is 0 Å². The molecular weight excluding hydrogens is 266 g/mol. The molecule has 1 aromatic rings. The Morgan fingerprint density at radius 3 is 2.69 bits per heavy atom. The molecule has 0 saturated heterocycles. The van der Waals surface area contributed by atoms with Crippen molar-refractivity contribution < 1.29 is 4.74 Å². The summed E-state index contributed by atoms with van der Waals surface area (Å²) in [6.45, 7) is 2.28. The van der Waals surface area contributed by atoms with Gasteiger partial charge in [-0.2, -0.15) is 0 Å². The number of ether oxygens (including phenoxy) is 1. The molecule has 0 aromatic heterocycles. The SMILES string of the molecule is CNC1CCC(C)c2c(OC)ccc(Br)c21. The summed E-state index contributed by atoms with van der Waals surface area (Å²) in [5.41, 5.74) is 2.74. The molecule has 2 nitrogen and oxygen atoms in total. The van der Waals surface area contributed by atoms with E-state index in [1.165, 1.54) is 28.4 Å². The van der Waals surface area contributed by atoms with Crippen LogP contribution >= 0.6 is 15.9 Å². The van der Waals surface area contributed by atoms with Gasteiger partial charge in [-0.15, -0.1) is 0 Å². The number of methoxy groups -OCH3 is 1. The lowest BCUT2D eigenvalue weighted by Crippen LogP contribution is -2.24. The van der Waals surface area contributed by atoms with Gasteiger partial charge >= 0.3 is 0 Å². The fraction of sp³-hybridized carbons (Fsp3) is 0.538. The maximum absolute atomic E-state index is 5.48. The normalized spacial score (nSPS) is 24.0. The second kappa shape index (κ2) is 4.76. The number of halogens is 1. The molecule has 0 spiro atoms. The van der Waals surface area contributed by atoms with Crippen LogP contribution in [0.25, 0.3) is 0 Å². The first-order valence-electron chi connectivity index (χ1n) is 5.72. The molecule has 2 rings (SSSR count). The van der Waals surface area contributed by atoms with Gasteiger partial charge in [-0.05, 0) is 43.5 Å². The van der Waals surface area contributed by atoms with Gasteiger partial charge in [0.2, 0.25) is 0 Å². The number of hydrogen-bond acceptors (Lipinski definition) is 2. The molecule has 1 N–H and O–H groups in total. The smallest absolute Gasteiger partial charge is 0.122 e. The zero-order valence-corrected chi connectivity index (χ0v) is 11.6. The Balaban J connectivity index is 2.60. The van der Waals surface area contributed by atoms with Gasteiger partial charge in [0.1, 0.15) is 5.75 Å². The average molecular weight is 284 g/mol. The molecule has 1 aliphatic rings. The van der Waals surface area contributed by atoms with E-state index < -0.39 is 0 Å². The van der Waals surface area contributed by atoms with Crippen molar-refractivity contribution in [3.63, 3.8) is 0 Å². The van der Waals surface area contributed by atoms with Gasteiger partial charge < -0.3 is 10.1 Å². The standard InChI is InChI=1S/C13H18BrNO/c1-8-4-6-10(15-2)13-9(14)5-7-11(16-3)12(8)13/h5,7-8,10,15H,4,6H2,1-3H3. The lowest BCUT2D eigenvalue weighted by molar-refractivity contribution is 0.388. The first-order valence-corrected chi connectivity index (χ1v) is 6.51. The second-order valence-corrected chi connectivity index (χ2v) is 5.25. The highest BCUT2D eigenvalue weighted by atomic mass is 79.9. The number of rotatable bonds is 2. The highest BCUT2D eigenvalue weighted by Gasteiger charge is 2.28. The highest BCUT2D eigenvalue weighted by molar-refractivity contribution is 9.10. The van der Waals surface area contributed by atoms with E-state index in [-0.39, 0.29) is 0 Å². The van der Waals surface area contributed by atoms with Crippen LogP contribution in [0, 0.1) is 0 Å². The van der Waals surface area contributed by atoms with Gasteiger partial charge in [0, 0.05) is 16.1 Å². The van der Waals surface area contributed by atoms with Crippen molar-refractivity contribution in [1.29, 1.82) is 0 Å².